The Morgan fingerprint density at radius 3 is 2.78 bits per heavy atom. The third kappa shape index (κ3) is 2.18. The Bertz CT molecular complexity index is 525. The van der Waals surface area contributed by atoms with Crippen LogP contribution in [0.15, 0.2) is 30.9 Å². The summed E-state index contributed by atoms with van der Waals surface area (Å²) in [6, 6.07) is 4.19. The van der Waals surface area contributed by atoms with Crippen LogP contribution in [-0.2, 0) is 4.79 Å². The first-order chi connectivity index (χ1) is 8.52. The first kappa shape index (κ1) is 12.5. The number of hydrogen-bond donors (Lipinski definition) is 0. The number of nitrogens with zero attached hydrogens (tertiary/aromatic N) is 1. The predicted molar refractivity (Wildman–Crippen MR) is 67.1 cm³/mol. The molecule has 3 nitrogen and oxygen atoms in total. The van der Waals surface area contributed by atoms with Crippen LogP contribution in [0.3, 0.4) is 0 Å². The van der Waals surface area contributed by atoms with E-state index < -0.39 is 5.82 Å². The van der Waals surface area contributed by atoms with E-state index in [4.69, 9.17) is 0 Å². The average molecular weight is 247 g/mol. The summed E-state index contributed by atoms with van der Waals surface area (Å²) in [5, 5.41) is 0. The molecule has 94 valence electrons. The molecule has 1 aliphatic rings. The number of Topliss-reactive ketones (excluding diaryl/α,β-unsaturated/α-hetero) is 1. The van der Waals surface area contributed by atoms with Crippen LogP contribution < -0.4 is 4.90 Å². The number of amides is 1. The van der Waals surface area contributed by atoms with Gasteiger partial charge in [0.2, 0.25) is 5.91 Å². The van der Waals surface area contributed by atoms with Crippen LogP contribution in [0.4, 0.5) is 10.1 Å². The summed E-state index contributed by atoms with van der Waals surface area (Å²) in [6.45, 7) is 5.47. The third-order valence-corrected chi connectivity index (χ3v) is 3.13. The number of hydrogen-bond acceptors (Lipinski definition) is 2. The molecule has 0 aliphatic carbocycles. The number of ketones is 1. The second kappa shape index (κ2) is 4.72. The lowest BCUT2D eigenvalue weighted by atomic mass is 10.1. The van der Waals surface area contributed by atoms with Crippen molar-refractivity contribution in [2.75, 3.05) is 11.4 Å². The lowest BCUT2D eigenvalue weighted by Crippen LogP contribution is -2.25. The van der Waals surface area contributed by atoms with E-state index in [0.717, 1.165) is 0 Å². The van der Waals surface area contributed by atoms with E-state index in [2.05, 4.69) is 6.58 Å². The summed E-state index contributed by atoms with van der Waals surface area (Å²) >= 11 is 0. The summed E-state index contributed by atoms with van der Waals surface area (Å²) < 4.78 is 13.9. The molecular formula is C14H14FNO2. The molecule has 1 aromatic rings. The Labute approximate surface area is 105 Å². The van der Waals surface area contributed by atoms with Crippen LogP contribution in [0.25, 0.3) is 0 Å². The molecular weight excluding hydrogens is 233 g/mol. The third-order valence-electron chi connectivity index (χ3n) is 3.13. The maximum Gasteiger partial charge on any atom is 0.227 e. The van der Waals surface area contributed by atoms with Gasteiger partial charge in [-0.15, -0.1) is 6.58 Å². The molecule has 4 heteroatoms. The van der Waals surface area contributed by atoms with Crippen LogP contribution in [-0.4, -0.2) is 18.2 Å². The fraction of sp³-hybridized carbons (Fsp3) is 0.286. The summed E-state index contributed by atoms with van der Waals surface area (Å²) in [5.41, 5.74) is 0.539. The maximum atomic E-state index is 13.9. The van der Waals surface area contributed by atoms with E-state index in [1.54, 1.807) is 6.08 Å². The zero-order valence-electron chi connectivity index (χ0n) is 10.1. The first-order valence-electron chi connectivity index (χ1n) is 5.76. The molecule has 1 heterocycles. The summed E-state index contributed by atoms with van der Waals surface area (Å²) in [4.78, 5) is 24.3. The zero-order valence-corrected chi connectivity index (χ0v) is 10.1. The fourth-order valence-electron chi connectivity index (χ4n) is 2.07. The lowest BCUT2D eigenvalue weighted by Gasteiger charge is -2.17. The second-order valence-electron chi connectivity index (χ2n) is 4.43. The van der Waals surface area contributed by atoms with Crippen LogP contribution >= 0.6 is 0 Å². The zero-order chi connectivity index (χ0) is 13.3. The summed E-state index contributed by atoms with van der Waals surface area (Å²) in [6.07, 6.45) is 2.07. The molecule has 1 saturated heterocycles. The van der Waals surface area contributed by atoms with E-state index in [9.17, 15) is 14.0 Å². The molecule has 1 unspecified atom stereocenters. The molecule has 1 amide bonds. The molecule has 0 spiro atoms. The van der Waals surface area contributed by atoms with Crippen molar-refractivity contribution in [3.05, 3.63) is 42.2 Å². The number of carbonyl (C=O) groups is 2. The molecule has 18 heavy (non-hydrogen) atoms. The van der Waals surface area contributed by atoms with Gasteiger partial charge in [0, 0.05) is 24.4 Å². The minimum absolute atomic E-state index is 0.0596. The Morgan fingerprint density at radius 2 is 2.28 bits per heavy atom. The normalized spacial score (nSPS) is 19.1. The first-order valence-corrected chi connectivity index (χ1v) is 5.76. The topological polar surface area (TPSA) is 37.4 Å². The largest absolute Gasteiger partial charge is 0.309 e. The van der Waals surface area contributed by atoms with Gasteiger partial charge in [-0.05, 0) is 25.1 Å². The molecule has 0 N–H and O–H groups in total. The van der Waals surface area contributed by atoms with E-state index >= 15 is 0 Å². The standard InChI is InChI=1S/C14H14FNO2/c1-3-10-6-14(18)16(8-10)13-5-4-11(9(2)17)7-12(13)15/h3-5,7,10H,1,6,8H2,2H3. The Hall–Kier alpha value is -1.97. The monoisotopic (exact) mass is 247 g/mol. The van der Waals surface area contributed by atoms with Gasteiger partial charge in [0.25, 0.3) is 0 Å². The lowest BCUT2D eigenvalue weighted by molar-refractivity contribution is -0.117. The molecule has 1 aliphatic heterocycles. The van der Waals surface area contributed by atoms with Crippen molar-refractivity contribution >= 4 is 17.4 Å². The van der Waals surface area contributed by atoms with Crippen molar-refractivity contribution in [2.45, 2.75) is 13.3 Å². The quantitative estimate of drug-likeness (QED) is 0.608. The highest BCUT2D eigenvalue weighted by Gasteiger charge is 2.30. The Morgan fingerprint density at radius 1 is 1.56 bits per heavy atom. The molecule has 1 fully saturated rings. The number of benzene rings is 1. The minimum Gasteiger partial charge on any atom is -0.309 e. The fourth-order valence-corrected chi connectivity index (χ4v) is 2.07. The van der Waals surface area contributed by atoms with Crippen LogP contribution in [0, 0.1) is 11.7 Å². The van der Waals surface area contributed by atoms with Crippen LogP contribution in [0.1, 0.15) is 23.7 Å². The molecule has 0 bridgehead atoms. The highest BCUT2D eigenvalue weighted by molar-refractivity contribution is 5.98. The molecule has 0 saturated carbocycles. The minimum atomic E-state index is -0.541. The van der Waals surface area contributed by atoms with Gasteiger partial charge in [0.05, 0.1) is 5.69 Å². The van der Waals surface area contributed by atoms with Gasteiger partial charge in [0.15, 0.2) is 5.78 Å². The number of anilines is 1. The van der Waals surface area contributed by atoms with Gasteiger partial charge in [-0.2, -0.15) is 0 Å². The number of rotatable bonds is 3. The molecule has 1 aromatic carbocycles. The highest BCUT2D eigenvalue weighted by atomic mass is 19.1. The molecule has 2 rings (SSSR count). The van der Waals surface area contributed by atoms with Crippen LogP contribution in [0.5, 0.6) is 0 Å². The van der Waals surface area contributed by atoms with Gasteiger partial charge in [-0.3, -0.25) is 9.59 Å². The highest BCUT2D eigenvalue weighted by Crippen LogP contribution is 2.28. The van der Waals surface area contributed by atoms with Gasteiger partial charge in [0.1, 0.15) is 5.82 Å². The predicted octanol–water partition coefficient (Wildman–Crippen LogP) is 2.57. The van der Waals surface area contributed by atoms with Crippen molar-refractivity contribution in [1.82, 2.24) is 0 Å². The second-order valence-corrected chi connectivity index (χ2v) is 4.43. The number of carbonyl (C=O) groups excluding carboxylic acids is 2. The van der Waals surface area contributed by atoms with Crippen molar-refractivity contribution in [3.63, 3.8) is 0 Å². The maximum absolute atomic E-state index is 13.9. The average Bonchev–Trinajstić information content (AvgIpc) is 2.70. The smallest absolute Gasteiger partial charge is 0.227 e. The van der Waals surface area contributed by atoms with E-state index in [1.165, 1.54) is 30.0 Å². The molecule has 1 atom stereocenters. The van der Waals surface area contributed by atoms with Gasteiger partial charge in [-0.1, -0.05) is 6.08 Å². The van der Waals surface area contributed by atoms with E-state index in [1.807, 2.05) is 0 Å². The SMILES string of the molecule is C=CC1CC(=O)N(c2ccc(C(C)=O)cc2F)C1. The summed E-state index contributed by atoms with van der Waals surface area (Å²) in [7, 11) is 0. The Kier molecular flexibility index (Phi) is 3.28. The van der Waals surface area contributed by atoms with E-state index in [0.29, 0.717) is 18.5 Å². The van der Waals surface area contributed by atoms with Gasteiger partial charge >= 0.3 is 0 Å². The van der Waals surface area contributed by atoms with Gasteiger partial charge in [-0.25, -0.2) is 4.39 Å². The Balaban J connectivity index is 2.32. The van der Waals surface area contributed by atoms with Gasteiger partial charge < -0.3 is 4.90 Å². The van der Waals surface area contributed by atoms with Crippen molar-refractivity contribution in [2.24, 2.45) is 5.92 Å². The van der Waals surface area contributed by atoms with Crippen molar-refractivity contribution in [3.8, 4) is 0 Å². The molecule has 0 aromatic heterocycles. The van der Waals surface area contributed by atoms with Crippen LogP contribution in [0.2, 0.25) is 0 Å². The van der Waals surface area contributed by atoms with Crippen molar-refractivity contribution in [1.29, 1.82) is 0 Å². The summed E-state index contributed by atoms with van der Waals surface area (Å²) in [5.74, 6) is -0.795. The van der Waals surface area contributed by atoms with E-state index in [-0.39, 0.29) is 23.3 Å². The van der Waals surface area contributed by atoms with Crippen molar-refractivity contribution < 1.29 is 14.0 Å². The molecule has 0 radical (unpaired) electrons. The number of halogens is 1.